The zero-order chi connectivity index (χ0) is 21.9. The van der Waals surface area contributed by atoms with E-state index in [1.807, 2.05) is 23.6 Å². The number of amides is 2. The van der Waals surface area contributed by atoms with Crippen LogP contribution in [0.25, 0.3) is 22.0 Å². The van der Waals surface area contributed by atoms with Gasteiger partial charge in [-0.05, 0) is 37.5 Å². The lowest BCUT2D eigenvalue weighted by Gasteiger charge is -2.12. The molecule has 1 saturated carbocycles. The quantitative estimate of drug-likeness (QED) is 0.562. The van der Waals surface area contributed by atoms with Crippen LogP contribution in [-0.2, 0) is 11.3 Å². The van der Waals surface area contributed by atoms with E-state index in [0.29, 0.717) is 5.58 Å². The smallest absolute Gasteiger partial charge is 0.410 e. The third kappa shape index (κ3) is 3.42. The number of benzene rings is 1. The van der Waals surface area contributed by atoms with Gasteiger partial charge in [0, 0.05) is 15.9 Å². The number of carbonyl (C=O) groups excluding carboxylic acids is 1. The van der Waals surface area contributed by atoms with E-state index in [2.05, 4.69) is 26.2 Å². The number of nitrogens with one attached hydrogen (secondary N) is 1. The molecule has 0 bridgehead atoms. The second kappa shape index (κ2) is 7.26. The van der Waals surface area contributed by atoms with Gasteiger partial charge in [0.05, 0.1) is 18.6 Å². The molecular weight excluding hydrogens is 472 g/mol. The second-order valence-electron chi connectivity index (χ2n) is 7.83. The zero-order valence-electron chi connectivity index (χ0n) is 16.6. The number of hydrogen-bond donors (Lipinski definition) is 2. The van der Waals surface area contributed by atoms with E-state index in [1.54, 1.807) is 0 Å². The molecule has 11 heteroatoms. The molecule has 2 aromatic heterocycles. The van der Waals surface area contributed by atoms with E-state index < -0.39 is 18.3 Å². The minimum atomic E-state index is -1.19. The van der Waals surface area contributed by atoms with Crippen molar-refractivity contribution < 1.29 is 23.8 Å². The maximum atomic E-state index is 13.3. The summed E-state index contributed by atoms with van der Waals surface area (Å²) in [6.07, 6.45) is -0.472. The van der Waals surface area contributed by atoms with Crippen molar-refractivity contribution in [2.75, 3.05) is 13.1 Å². The highest BCUT2D eigenvalue weighted by Crippen LogP contribution is 2.39. The van der Waals surface area contributed by atoms with Crippen molar-refractivity contribution in [3.8, 4) is 0 Å². The Kier molecular flexibility index (Phi) is 4.65. The van der Waals surface area contributed by atoms with Crippen molar-refractivity contribution in [2.45, 2.75) is 38.5 Å². The molecule has 3 aromatic rings. The van der Waals surface area contributed by atoms with Gasteiger partial charge in [0.25, 0.3) is 5.56 Å². The highest BCUT2D eigenvalue weighted by molar-refractivity contribution is 9.10. The Morgan fingerprint density at radius 3 is 2.84 bits per heavy atom. The monoisotopic (exact) mass is 490 g/mol. The van der Waals surface area contributed by atoms with Gasteiger partial charge < -0.3 is 24.1 Å². The molecule has 1 atom stereocenters. The standard InChI is InChI=1S/C20H19BrN4O6/c1-9-13(21)5-4-12-16(9)25(10-2-3-10)18(26)15-17(12)31-14(23-15)8-24-7-11(30-20(24)29)6-22-19(27)28/h4-5,10-11,22H,2-3,6-8H2,1H3,(H,27,28). The maximum Gasteiger partial charge on any atom is 0.410 e. The van der Waals surface area contributed by atoms with Crippen molar-refractivity contribution in [2.24, 2.45) is 0 Å². The van der Waals surface area contributed by atoms with E-state index >= 15 is 0 Å². The third-order valence-corrected chi connectivity index (χ3v) is 6.47. The Hall–Kier alpha value is -3.08. The summed E-state index contributed by atoms with van der Waals surface area (Å²) >= 11 is 3.54. The molecule has 1 aliphatic carbocycles. The number of aryl methyl sites for hydroxylation is 1. The van der Waals surface area contributed by atoms with E-state index in [1.165, 1.54) is 4.90 Å². The van der Waals surface area contributed by atoms with Crippen LogP contribution in [0.3, 0.4) is 0 Å². The van der Waals surface area contributed by atoms with Crippen LogP contribution in [0.4, 0.5) is 9.59 Å². The second-order valence-corrected chi connectivity index (χ2v) is 8.69. The lowest BCUT2D eigenvalue weighted by Crippen LogP contribution is -2.33. The Bertz CT molecular complexity index is 1290. The van der Waals surface area contributed by atoms with Crippen LogP contribution in [0.1, 0.15) is 30.3 Å². The number of ether oxygens (including phenoxy) is 1. The normalized spacial score (nSPS) is 18.7. The van der Waals surface area contributed by atoms with E-state index in [9.17, 15) is 14.4 Å². The number of nitrogens with zero attached hydrogens (tertiary/aromatic N) is 3. The van der Waals surface area contributed by atoms with Crippen LogP contribution < -0.4 is 10.9 Å². The van der Waals surface area contributed by atoms with Gasteiger partial charge in [0.15, 0.2) is 11.1 Å². The van der Waals surface area contributed by atoms with Crippen LogP contribution >= 0.6 is 15.9 Å². The fourth-order valence-corrected chi connectivity index (χ4v) is 4.32. The van der Waals surface area contributed by atoms with Gasteiger partial charge in [0.2, 0.25) is 5.89 Å². The highest BCUT2D eigenvalue weighted by atomic mass is 79.9. The van der Waals surface area contributed by atoms with E-state index in [4.69, 9.17) is 14.3 Å². The number of cyclic esters (lactones) is 1. The Balaban J connectivity index is 1.52. The molecule has 0 radical (unpaired) electrons. The lowest BCUT2D eigenvalue weighted by atomic mass is 10.1. The Morgan fingerprint density at radius 1 is 1.35 bits per heavy atom. The van der Waals surface area contributed by atoms with Gasteiger partial charge in [0.1, 0.15) is 12.6 Å². The molecule has 0 spiro atoms. The predicted molar refractivity (Wildman–Crippen MR) is 113 cm³/mol. The SMILES string of the molecule is Cc1c(Br)ccc2c3oc(CN4CC(CNC(=O)O)OC4=O)nc3c(=O)n(C3CC3)c12. The number of carboxylic acid groups (broad SMARTS) is 1. The number of hydrogen-bond acceptors (Lipinski definition) is 6. The molecule has 2 amide bonds. The molecular formula is C20H19BrN4O6. The molecule has 2 fully saturated rings. The highest BCUT2D eigenvalue weighted by Gasteiger charge is 2.34. The largest absolute Gasteiger partial charge is 0.465 e. The summed E-state index contributed by atoms with van der Waals surface area (Å²) < 4.78 is 13.8. The molecule has 2 aliphatic rings. The van der Waals surface area contributed by atoms with Gasteiger partial charge in [-0.15, -0.1) is 0 Å². The maximum absolute atomic E-state index is 13.3. The predicted octanol–water partition coefficient (Wildman–Crippen LogP) is 3.14. The number of carbonyl (C=O) groups is 2. The molecule has 31 heavy (non-hydrogen) atoms. The molecule has 1 aromatic carbocycles. The molecule has 1 saturated heterocycles. The summed E-state index contributed by atoms with van der Waals surface area (Å²) in [6, 6.07) is 3.97. The first-order valence-electron chi connectivity index (χ1n) is 9.88. The van der Waals surface area contributed by atoms with Gasteiger partial charge in [-0.25, -0.2) is 14.6 Å². The third-order valence-electron chi connectivity index (χ3n) is 5.61. The molecule has 162 valence electrons. The van der Waals surface area contributed by atoms with Gasteiger partial charge >= 0.3 is 12.2 Å². The summed E-state index contributed by atoms with van der Waals surface area (Å²) in [6.45, 7) is 2.17. The van der Waals surface area contributed by atoms with E-state index in [-0.39, 0.29) is 42.6 Å². The van der Waals surface area contributed by atoms with Crippen molar-refractivity contribution >= 4 is 50.1 Å². The van der Waals surface area contributed by atoms with Crippen LogP contribution in [0.15, 0.2) is 25.8 Å². The summed E-state index contributed by atoms with van der Waals surface area (Å²) in [5.74, 6) is 0.228. The molecule has 1 aliphatic heterocycles. The fraction of sp³-hybridized carbons (Fsp3) is 0.400. The van der Waals surface area contributed by atoms with Crippen LogP contribution in [0.2, 0.25) is 0 Å². The van der Waals surface area contributed by atoms with Crippen molar-refractivity contribution in [3.05, 3.63) is 38.4 Å². The summed E-state index contributed by atoms with van der Waals surface area (Å²) in [4.78, 5) is 41.8. The average Bonchev–Trinajstić information content (AvgIpc) is 3.37. The van der Waals surface area contributed by atoms with E-state index in [0.717, 1.165) is 33.8 Å². The van der Waals surface area contributed by atoms with Crippen LogP contribution in [0.5, 0.6) is 0 Å². The molecule has 1 unspecified atom stereocenters. The summed E-state index contributed by atoms with van der Waals surface area (Å²) in [5.41, 5.74) is 2.23. The molecule has 10 nitrogen and oxygen atoms in total. The van der Waals surface area contributed by atoms with Crippen LogP contribution in [0, 0.1) is 6.92 Å². The van der Waals surface area contributed by atoms with Crippen molar-refractivity contribution in [1.29, 1.82) is 0 Å². The Labute approximate surface area is 183 Å². The zero-order valence-corrected chi connectivity index (χ0v) is 18.1. The number of oxazole rings is 1. The first-order chi connectivity index (χ1) is 14.8. The minimum absolute atomic E-state index is 0.00395. The molecule has 2 N–H and O–H groups in total. The number of rotatable bonds is 5. The van der Waals surface area contributed by atoms with Crippen LogP contribution in [-0.4, -0.2) is 50.9 Å². The van der Waals surface area contributed by atoms with Gasteiger partial charge in [-0.3, -0.25) is 9.69 Å². The number of pyridine rings is 1. The van der Waals surface area contributed by atoms with Gasteiger partial charge in [-0.2, -0.15) is 0 Å². The number of fused-ring (bicyclic) bond motifs is 3. The molecule has 3 heterocycles. The fourth-order valence-electron chi connectivity index (χ4n) is 4.00. The van der Waals surface area contributed by atoms with Crippen molar-refractivity contribution in [1.82, 2.24) is 19.8 Å². The number of halogens is 1. The first-order valence-corrected chi connectivity index (χ1v) is 10.7. The topological polar surface area (TPSA) is 127 Å². The summed E-state index contributed by atoms with van der Waals surface area (Å²) in [7, 11) is 0. The Morgan fingerprint density at radius 2 is 2.13 bits per heavy atom. The first kappa shape index (κ1) is 19.9. The minimum Gasteiger partial charge on any atom is -0.465 e. The lowest BCUT2D eigenvalue weighted by molar-refractivity contribution is 0.128. The summed E-state index contributed by atoms with van der Waals surface area (Å²) in [5, 5.41) is 11.7. The van der Waals surface area contributed by atoms with Gasteiger partial charge in [-0.1, -0.05) is 15.9 Å². The van der Waals surface area contributed by atoms with Crippen molar-refractivity contribution in [3.63, 3.8) is 0 Å². The molecule has 5 rings (SSSR count). The average molecular weight is 491 g/mol. The number of aromatic nitrogens is 2.